The van der Waals surface area contributed by atoms with Crippen LogP contribution in [0.1, 0.15) is 41.3 Å². The summed E-state index contributed by atoms with van der Waals surface area (Å²) >= 11 is 0. The maximum Gasteiger partial charge on any atom is 0.255 e. The van der Waals surface area contributed by atoms with Gasteiger partial charge < -0.3 is 15.2 Å². The van der Waals surface area contributed by atoms with E-state index in [1.54, 1.807) is 48.8 Å². The van der Waals surface area contributed by atoms with Crippen LogP contribution in [0.2, 0.25) is 0 Å². The van der Waals surface area contributed by atoms with E-state index in [1.807, 2.05) is 25.1 Å². The number of anilines is 1. The Morgan fingerprint density at radius 2 is 1.88 bits per heavy atom. The Balaban J connectivity index is 1.51. The molecule has 0 saturated carbocycles. The van der Waals surface area contributed by atoms with Gasteiger partial charge in [-0.1, -0.05) is 19.1 Å². The molecule has 8 nitrogen and oxygen atoms in total. The van der Waals surface area contributed by atoms with Crippen LogP contribution in [0.4, 0.5) is 5.69 Å². The van der Waals surface area contributed by atoms with Crippen LogP contribution < -0.4 is 10.1 Å². The number of phenolic OH excluding ortho intramolecular Hbond substituents is 1. The third-order valence-corrected chi connectivity index (χ3v) is 5.78. The minimum atomic E-state index is -0.219. The van der Waals surface area contributed by atoms with Gasteiger partial charge in [-0.25, -0.2) is 5.01 Å². The van der Waals surface area contributed by atoms with Crippen LogP contribution in [0.5, 0.6) is 11.5 Å². The third kappa shape index (κ3) is 5.06. The van der Waals surface area contributed by atoms with Crippen molar-refractivity contribution in [1.82, 2.24) is 9.99 Å². The van der Waals surface area contributed by atoms with Crippen molar-refractivity contribution in [2.24, 2.45) is 11.0 Å². The number of ether oxygens (including phenoxy) is 1. The molecule has 2 heterocycles. The maximum absolute atomic E-state index is 12.8. The molecule has 0 fully saturated rings. The van der Waals surface area contributed by atoms with E-state index < -0.39 is 0 Å². The molecule has 34 heavy (non-hydrogen) atoms. The van der Waals surface area contributed by atoms with E-state index >= 15 is 0 Å². The van der Waals surface area contributed by atoms with Gasteiger partial charge in [-0.15, -0.1) is 0 Å². The van der Waals surface area contributed by atoms with Gasteiger partial charge in [0.2, 0.25) is 5.91 Å². The monoisotopic (exact) mass is 458 g/mol. The summed E-state index contributed by atoms with van der Waals surface area (Å²) in [6, 6.07) is 15.8. The van der Waals surface area contributed by atoms with E-state index in [0.29, 0.717) is 30.0 Å². The van der Waals surface area contributed by atoms with Crippen molar-refractivity contribution in [2.45, 2.75) is 26.3 Å². The maximum atomic E-state index is 12.8. The number of pyridine rings is 1. The number of hydrazone groups is 1. The lowest BCUT2D eigenvalue weighted by Crippen LogP contribution is -2.36. The fourth-order valence-corrected chi connectivity index (χ4v) is 3.86. The SMILES string of the molecule is CCC1CC(=O)N(Cc2ccc(NC(=O)c3ccncc3)cc2)N=C1c1ccc(OC)c(O)c1. The lowest BCUT2D eigenvalue weighted by molar-refractivity contribution is -0.133. The molecule has 8 heteroatoms. The molecule has 1 aliphatic heterocycles. The predicted molar refractivity (Wildman–Crippen MR) is 129 cm³/mol. The van der Waals surface area contributed by atoms with E-state index in [1.165, 1.54) is 12.1 Å². The molecule has 2 amide bonds. The van der Waals surface area contributed by atoms with Crippen molar-refractivity contribution in [3.63, 3.8) is 0 Å². The van der Waals surface area contributed by atoms with Crippen LogP contribution in [0.3, 0.4) is 0 Å². The van der Waals surface area contributed by atoms with Crippen molar-refractivity contribution < 1.29 is 19.4 Å². The number of hydrogen-bond acceptors (Lipinski definition) is 6. The van der Waals surface area contributed by atoms with E-state index in [0.717, 1.165) is 23.3 Å². The smallest absolute Gasteiger partial charge is 0.255 e. The van der Waals surface area contributed by atoms with Crippen molar-refractivity contribution in [1.29, 1.82) is 0 Å². The van der Waals surface area contributed by atoms with Crippen LogP contribution in [0.25, 0.3) is 0 Å². The first-order valence-corrected chi connectivity index (χ1v) is 11.0. The molecule has 174 valence electrons. The number of nitrogens with zero attached hydrogens (tertiary/aromatic N) is 3. The Labute approximate surface area is 197 Å². The molecule has 2 N–H and O–H groups in total. The van der Waals surface area contributed by atoms with Crippen LogP contribution in [-0.2, 0) is 11.3 Å². The summed E-state index contributed by atoms with van der Waals surface area (Å²) in [5, 5.41) is 19.2. The highest BCUT2D eigenvalue weighted by molar-refractivity contribution is 6.06. The first-order chi connectivity index (χ1) is 16.5. The highest BCUT2D eigenvalue weighted by atomic mass is 16.5. The molecule has 0 bridgehead atoms. The number of carbonyl (C=O) groups excluding carboxylic acids is 2. The number of carbonyl (C=O) groups is 2. The highest BCUT2D eigenvalue weighted by Crippen LogP contribution is 2.31. The Morgan fingerprint density at radius 1 is 1.15 bits per heavy atom. The molecule has 1 aromatic heterocycles. The summed E-state index contributed by atoms with van der Waals surface area (Å²) in [7, 11) is 1.50. The van der Waals surface area contributed by atoms with Crippen LogP contribution in [-0.4, -0.2) is 39.7 Å². The van der Waals surface area contributed by atoms with Gasteiger partial charge in [-0.05, 0) is 54.4 Å². The number of phenols is 1. The minimum absolute atomic E-state index is 0.0256. The van der Waals surface area contributed by atoms with Crippen LogP contribution >= 0.6 is 0 Å². The second kappa shape index (κ2) is 10.2. The summed E-state index contributed by atoms with van der Waals surface area (Å²) < 4.78 is 5.13. The average molecular weight is 459 g/mol. The number of aromatic hydroxyl groups is 1. The zero-order valence-corrected chi connectivity index (χ0v) is 19.1. The number of hydrogen-bond donors (Lipinski definition) is 2. The molecule has 4 rings (SSSR count). The number of rotatable bonds is 7. The minimum Gasteiger partial charge on any atom is -0.504 e. The molecule has 3 aromatic rings. The molecule has 2 aromatic carbocycles. The van der Waals surface area contributed by atoms with Gasteiger partial charge in [0, 0.05) is 41.5 Å². The molecule has 1 aliphatic rings. The molecule has 0 aliphatic carbocycles. The number of benzene rings is 2. The molecule has 0 saturated heterocycles. The normalized spacial score (nSPS) is 15.6. The fourth-order valence-electron chi connectivity index (χ4n) is 3.86. The number of aromatic nitrogens is 1. The van der Waals surface area contributed by atoms with E-state index in [2.05, 4.69) is 15.4 Å². The second-order valence-electron chi connectivity index (χ2n) is 8.02. The standard InChI is InChI=1S/C26H26N4O4/c1-3-18-15-24(32)30(29-25(18)20-6-9-23(34-2)22(31)14-20)16-17-4-7-21(8-5-17)28-26(33)19-10-12-27-13-11-19/h4-14,18,31H,3,15-16H2,1-2H3,(H,28,33). The number of amides is 2. The van der Waals surface area contributed by atoms with Gasteiger partial charge in [0.25, 0.3) is 5.91 Å². The van der Waals surface area contributed by atoms with Gasteiger partial charge in [-0.3, -0.25) is 14.6 Å². The van der Waals surface area contributed by atoms with Crippen molar-refractivity contribution in [3.05, 3.63) is 83.7 Å². The Hall–Kier alpha value is -4.20. The molecule has 0 radical (unpaired) electrons. The Bertz CT molecular complexity index is 1210. The lowest BCUT2D eigenvalue weighted by atomic mass is 9.89. The lowest BCUT2D eigenvalue weighted by Gasteiger charge is -2.29. The average Bonchev–Trinajstić information content (AvgIpc) is 2.86. The van der Waals surface area contributed by atoms with Crippen LogP contribution in [0.15, 0.2) is 72.1 Å². The first-order valence-electron chi connectivity index (χ1n) is 11.0. The largest absolute Gasteiger partial charge is 0.504 e. The fraction of sp³-hybridized carbons (Fsp3) is 0.231. The summed E-state index contributed by atoms with van der Waals surface area (Å²) in [6.07, 6.45) is 4.25. The molecule has 0 spiro atoms. The zero-order chi connectivity index (χ0) is 24.1. The van der Waals surface area contributed by atoms with E-state index in [9.17, 15) is 14.7 Å². The highest BCUT2D eigenvalue weighted by Gasteiger charge is 2.29. The topological polar surface area (TPSA) is 104 Å². The van der Waals surface area contributed by atoms with E-state index in [-0.39, 0.29) is 23.5 Å². The summed E-state index contributed by atoms with van der Waals surface area (Å²) in [4.78, 5) is 29.0. The van der Waals surface area contributed by atoms with Gasteiger partial charge in [0.15, 0.2) is 11.5 Å². The van der Waals surface area contributed by atoms with E-state index in [4.69, 9.17) is 4.74 Å². The third-order valence-electron chi connectivity index (χ3n) is 5.78. The molecule has 1 atom stereocenters. The predicted octanol–water partition coefficient (Wildman–Crippen LogP) is 4.21. The Kier molecular flexibility index (Phi) is 6.87. The van der Waals surface area contributed by atoms with Crippen molar-refractivity contribution >= 4 is 23.2 Å². The first kappa shape index (κ1) is 23.0. The Morgan fingerprint density at radius 3 is 2.53 bits per heavy atom. The van der Waals surface area contributed by atoms with Crippen molar-refractivity contribution in [2.75, 3.05) is 12.4 Å². The summed E-state index contributed by atoms with van der Waals surface area (Å²) in [5.41, 5.74) is 3.58. The van der Waals surface area contributed by atoms with Crippen LogP contribution in [0, 0.1) is 5.92 Å². The van der Waals surface area contributed by atoms with Gasteiger partial charge in [-0.2, -0.15) is 5.10 Å². The van der Waals surface area contributed by atoms with Gasteiger partial charge in [0.1, 0.15) is 0 Å². The van der Waals surface area contributed by atoms with Gasteiger partial charge >= 0.3 is 0 Å². The number of nitrogens with one attached hydrogen (secondary N) is 1. The number of methoxy groups -OCH3 is 1. The van der Waals surface area contributed by atoms with Crippen molar-refractivity contribution in [3.8, 4) is 11.5 Å². The molecular formula is C26H26N4O4. The zero-order valence-electron chi connectivity index (χ0n) is 19.1. The quantitative estimate of drug-likeness (QED) is 0.552. The summed E-state index contributed by atoms with van der Waals surface area (Å²) in [5.74, 6) is 0.123. The molecular weight excluding hydrogens is 432 g/mol. The second-order valence-corrected chi connectivity index (χ2v) is 8.02. The molecule has 1 unspecified atom stereocenters. The van der Waals surface area contributed by atoms with Gasteiger partial charge in [0.05, 0.1) is 19.4 Å². The summed E-state index contributed by atoms with van der Waals surface area (Å²) in [6.45, 7) is 2.32.